The molecule has 3 N–H and O–H groups in total. The topological polar surface area (TPSA) is 58.4 Å². The molecule has 1 aromatic carbocycles. The van der Waals surface area contributed by atoms with Crippen LogP contribution in [0.2, 0.25) is 0 Å². The molecule has 7 heteroatoms. The van der Waals surface area contributed by atoms with E-state index in [4.69, 9.17) is 5.73 Å². The fourth-order valence-corrected chi connectivity index (χ4v) is 1.65. The van der Waals surface area contributed by atoms with Crippen LogP contribution >= 0.6 is 0 Å². The Morgan fingerprint density at radius 1 is 1.25 bits per heavy atom. The first kappa shape index (κ1) is 16.5. The third kappa shape index (κ3) is 6.53. The van der Waals surface area contributed by atoms with Gasteiger partial charge >= 0.3 is 6.18 Å². The standard InChI is InChI=1S/C13H18F3N3O/c1-19(8-12(20)18-9-13(14,15)16)7-11-4-2-10(6-17)3-5-11/h2-5H,6-9,17H2,1H3,(H,18,20). The van der Waals surface area contributed by atoms with E-state index in [1.807, 2.05) is 29.6 Å². The molecular formula is C13H18F3N3O. The maximum Gasteiger partial charge on any atom is 0.405 e. The second kappa shape index (κ2) is 7.25. The highest BCUT2D eigenvalue weighted by Crippen LogP contribution is 2.12. The first-order chi connectivity index (χ1) is 9.30. The van der Waals surface area contributed by atoms with E-state index in [0.717, 1.165) is 11.1 Å². The molecule has 4 nitrogen and oxygen atoms in total. The lowest BCUT2D eigenvalue weighted by molar-refractivity contribution is -0.138. The number of nitrogens with zero attached hydrogens (tertiary/aromatic N) is 1. The van der Waals surface area contributed by atoms with Gasteiger partial charge < -0.3 is 11.1 Å². The first-order valence-electron chi connectivity index (χ1n) is 6.10. The highest BCUT2D eigenvalue weighted by Gasteiger charge is 2.27. The summed E-state index contributed by atoms with van der Waals surface area (Å²) in [6, 6.07) is 7.53. The van der Waals surface area contributed by atoms with Crippen molar-refractivity contribution in [3.63, 3.8) is 0 Å². The summed E-state index contributed by atoms with van der Waals surface area (Å²) in [4.78, 5) is 13.0. The van der Waals surface area contributed by atoms with E-state index in [2.05, 4.69) is 0 Å². The van der Waals surface area contributed by atoms with Gasteiger partial charge in [-0.3, -0.25) is 9.69 Å². The number of rotatable bonds is 6. The molecule has 0 aliphatic rings. The van der Waals surface area contributed by atoms with Crippen molar-refractivity contribution >= 4 is 5.91 Å². The minimum atomic E-state index is -4.38. The third-order valence-electron chi connectivity index (χ3n) is 2.61. The number of nitrogens with two attached hydrogens (primary N) is 1. The van der Waals surface area contributed by atoms with Gasteiger partial charge in [0.25, 0.3) is 0 Å². The van der Waals surface area contributed by atoms with Gasteiger partial charge in [0.2, 0.25) is 5.91 Å². The number of amides is 1. The molecule has 0 aliphatic heterocycles. The van der Waals surface area contributed by atoms with Crippen molar-refractivity contribution in [1.29, 1.82) is 0 Å². The Bertz CT molecular complexity index is 431. The number of carbonyl (C=O) groups excluding carboxylic acids is 1. The Hall–Kier alpha value is -1.60. The molecule has 0 bridgehead atoms. The molecule has 0 radical (unpaired) electrons. The predicted octanol–water partition coefficient (Wildman–Crippen LogP) is 1.26. The molecule has 0 saturated heterocycles. The van der Waals surface area contributed by atoms with E-state index in [9.17, 15) is 18.0 Å². The van der Waals surface area contributed by atoms with E-state index in [1.165, 1.54) is 0 Å². The highest BCUT2D eigenvalue weighted by atomic mass is 19.4. The molecule has 1 aromatic rings. The summed E-state index contributed by atoms with van der Waals surface area (Å²) < 4.78 is 35.8. The zero-order chi connectivity index (χ0) is 15.2. The zero-order valence-corrected chi connectivity index (χ0v) is 11.2. The summed E-state index contributed by atoms with van der Waals surface area (Å²) in [6.07, 6.45) is -4.38. The van der Waals surface area contributed by atoms with Crippen LogP contribution in [0.4, 0.5) is 13.2 Å². The van der Waals surface area contributed by atoms with Gasteiger partial charge in [0.05, 0.1) is 6.54 Å². The van der Waals surface area contributed by atoms with Crippen LogP contribution in [0.1, 0.15) is 11.1 Å². The quantitative estimate of drug-likeness (QED) is 0.829. The highest BCUT2D eigenvalue weighted by molar-refractivity contribution is 5.78. The summed E-state index contributed by atoms with van der Waals surface area (Å²) in [5, 5.41) is 1.84. The molecule has 20 heavy (non-hydrogen) atoms. The van der Waals surface area contributed by atoms with Crippen LogP contribution in [0.3, 0.4) is 0 Å². The van der Waals surface area contributed by atoms with Crippen molar-refractivity contribution in [1.82, 2.24) is 10.2 Å². The molecule has 0 fully saturated rings. The Balaban J connectivity index is 2.38. The Morgan fingerprint density at radius 3 is 2.30 bits per heavy atom. The van der Waals surface area contributed by atoms with Gasteiger partial charge in [-0.05, 0) is 18.2 Å². The molecule has 1 rings (SSSR count). The van der Waals surface area contributed by atoms with Gasteiger partial charge in [0, 0.05) is 13.1 Å². The molecule has 0 spiro atoms. The minimum absolute atomic E-state index is 0.0886. The Kier molecular flexibility index (Phi) is 5.97. The van der Waals surface area contributed by atoms with Crippen LogP contribution < -0.4 is 11.1 Å². The average molecular weight is 289 g/mol. The smallest absolute Gasteiger partial charge is 0.346 e. The summed E-state index contributed by atoms with van der Waals surface area (Å²) in [6.45, 7) is -0.458. The second-order valence-electron chi connectivity index (χ2n) is 4.58. The van der Waals surface area contributed by atoms with Crippen molar-refractivity contribution < 1.29 is 18.0 Å². The number of carbonyl (C=O) groups is 1. The van der Waals surface area contributed by atoms with E-state index >= 15 is 0 Å². The van der Waals surface area contributed by atoms with Gasteiger partial charge in [-0.1, -0.05) is 24.3 Å². The van der Waals surface area contributed by atoms with E-state index in [1.54, 1.807) is 11.9 Å². The van der Waals surface area contributed by atoms with E-state index in [-0.39, 0.29) is 6.54 Å². The molecule has 112 valence electrons. The number of hydrogen-bond donors (Lipinski definition) is 2. The monoisotopic (exact) mass is 289 g/mol. The normalized spacial score (nSPS) is 11.7. The molecule has 0 aromatic heterocycles. The summed E-state index contributed by atoms with van der Waals surface area (Å²) in [7, 11) is 1.67. The number of benzene rings is 1. The SMILES string of the molecule is CN(CC(=O)NCC(F)(F)F)Cc1ccc(CN)cc1. The number of hydrogen-bond acceptors (Lipinski definition) is 3. The van der Waals surface area contributed by atoms with Gasteiger partial charge in [-0.25, -0.2) is 0 Å². The van der Waals surface area contributed by atoms with E-state index in [0.29, 0.717) is 13.1 Å². The number of halogens is 3. The minimum Gasteiger partial charge on any atom is -0.346 e. The van der Waals surface area contributed by atoms with Crippen molar-refractivity contribution in [2.45, 2.75) is 19.3 Å². The van der Waals surface area contributed by atoms with Gasteiger partial charge in [-0.2, -0.15) is 13.2 Å². The van der Waals surface area contributed by atoms with Crippen molar-refractivity contribution in [3.05, 3.63) is 35.4 Å². The number of alkyl halides is 3. The lowest BCUT2D eigenvalue weighted by Gasteiger charge is -2.17. The van der Waals surface area contributed by atoms with Crippen LogP contribution in [0.5, 0.6) is 0 Å². The lowest BCUT2D eigenvalue weighted by atomic mass is 10.1. The average Bonchev–Trinajstić information content (AvgIpc) is 2.36. The second-order valence-corrected chi connectivity index (χ2v) is 4.58. The molecule has 0 unspecified atom stereocenters. The molecule has 0 atom stereocenters. The number of likely N-dealkylation sites (N-methyl/N-ethyl adjacent to an activating group) is 1. The van der Waals surface area contributed by atoms with Crippen LogP contribution in [0, 0.1) is 0 Å². The summed E-state index contributed by atoms with van der Waals surface area (Å²) >= 11 is 0. The fourth-order valence-electron chi connectivity index (χ4n) is 1.65. The molecule has 0 saturated carbocycles. The van der Waals surface area contributed by atoms with Crippen molar-refractivity contribution in [2.24, 2.45) is 5.73 Å². The third-order valence-corrected chi connectivity index (χ3v) is 2.61. The lowest BCUT2D eigenvalue weighted by Crippen LogP contribution is -2.39. The van der Waals surface area contributed by atoms with Gasteiger partial charge in [0.15, 0.2) is 0 Å². The predicted molar refractivity (Wildman–Crippen MR) is 69.7 cm³/mol. The van der Waals surface area contributed by atoms with Crippen LogP contribution in [0.25, 0.3) is 0 Å². The summed E-state index contributed by atoms with van der Waals surface area (Å²) in [5.74, 6) is -0.650. The maximum absolute atomic E-state index is 11.9. The Labute approximate surface area is 115 Å². The zero-order valence-electron chi connectivity index (χ0n) is 11.2. The number of nitrogens with one attached hydrogen (secondary N) is 1. The maximum atomic E-state index is 11.9. The fraction of sp³-hybridized carbons (Fsp3) is 0.462. The largest absolute Gasteiger partial charge is 0.405 e. The molecular weight excluding hydrogens is 271 g/mol. The van der Waals surface area contributed by atoms with E-state index < -0.39 is 18.6 Å². The van der Waals surface area contributed by atoms with Crippen LogP contribution in [-0.4, -0.2) is 37.1 Å². The first-order valence-corrected chi connectivity index (χ1v) is 6.10. The van der Waals surface area contributed by atoms with Crippen molar-refractivity contribution in [2.75, 3.05) is 20.1 Å². The summed E-state index contributed by atoms with van der Waals surface area (Å²) in [5.41, 5.74) is 7.45. The van der Waals surface area contributed by atoms with Gasteiger partial charge in [-0.15, -0.1) is 0 Å². The van der Waals surface area contributed by atoms with Gasteiger partial charge in [0.1, 0.15) is 6.54 Å². The Morgan fingerprint density at radius 2 is 1.80 bits per heavy atom. The van der Waals surface area contributed by atoms with Crippen LogP contribution in [0.15, 0.2) is 24.3 Å². The van der Waals surface area contributed by atoms with Crippen molar-refractivity contribution in [3.8, 4) is 0 Å². The molecule has 1 amide bonds. The molecule has 0 aliphatic carbocycles. The van der Waals surface area contributed by atoms with Crippen LogP contribution in [-0.2, 0) is 17.9 Å². The molecule has 0 heterocycles.